The Kier molecular flexibility index (Phi) is 4.06. The van der Waals surface area contributed by atoms with Gasteiger partial charge in [-0.1, -0.05) is 40.2 Å². The van der Waals surface area contributed by atoms with Crippen molar-refractivity contribution in [2.75, 3.05) is 0 Å². The molecule has 2 aromatic rings. The lowest BCUT2D eigenvalue weighted by Gasteiger charge is -1.99. The summed E-state index contributed by atoms with van der Waals surface area (Å²) in [5.74, 6) is -0.338. The Morgan fingerprint density at radius 2 is 1.79 bits per heavy atom. The van der Waals surface area contributed by atoms with Gasteiger partial charge in [-0.25, -0.2) is 4.39 Å². The van der Waals surface area contributed by atoms with Crippen LogP contribution in [0, 0.1) is 15.9 Å². The van der Waals surface area contributed by atoms with Crippen molar-refractivity contribution in [1.82, 2.24) is 0 Å². The lowest BCUT2D eigenvalue weighted by molar-refractivity contribution is -0.385. The number of hydrogen-bond acceptors (Lipinski definition) is 2. The van der Waals surface area contributed by atoms with E-state index in [2.05, 4.69) is 15.9 Å². The molecule has 0 bridgehead atoms. The molecule has 0 radical (unpaired) electrons. The van der Waals surface area contributed by atoms with E-state index in [1.165, 1.54) is 18.2 Å². The molecule has 0 aliphatic carbocycles. The minimum Gasteiger partial charge on any atom is -0.258 e. The second-order valence-corrected chi connectivity index (χ2v) is 4.67. The summed E-state index contributed by atoms with van der Waals surface area (Å²) in [6.45, 7) is 0. The van der Waals surface area contributed by atoms with Crippen molar-refractivity contribution in [3.8, 4) is 0 Å². The molecule has 19 heavy (non-hydrogen) atoms. The van der Waals surface area contributed by atoms with Crippen molar-refractivity contribution in [3.05, 3.63) is 74.0 Å². The number of nitro benzene ring substituents is 1. The van der Waals surface area contributed by atoms with Gasteiger partial charge in [0, 0.05) is 10.5 Å². The van der Waals surface area contributed by atoms with Crippen LogP contribution in [0.1, 0.15) is 11.1 Å². The van der Waals surface area contributed by atoms with Crippen molar-refractivity contribution in [2.24, 2.45) is 0 Å². The molecule has 0 aliphatic heterocycles. The maximum atomic E-state index is 12.9. The summed E-state index contributed by atoms with van der Waals surface area (Å²) in [6.07, 6.45) is 3.34. The van der Waals surface area contributed by atoms with Crippen LogP contribution >= 0.6 is 15.9 Å². The zero-order valence-corrected chi connectivity index (χ0v) is 11.3. The lowest BCUT2D eigenvalue weighted by Crippen LogP contribution is -1.90. The number of nitrogens with zero attached hydrogens (tertiary/aromatic N) is 1. The third kappa shape index (κ3) is 3.26. The molecule has 0 N–H and O–H groups in total. The summed E-state index contributed by atoms with van der Waals surface area (Å²) in [6, 6.07) is 10.7. The van der Waals surface area contributed by atoms with E-state index in [1.54, 1.807) is 36.4 Å². The van der Waals surface area contributed by atoms with Gasteiger partial charge in [0.05, 0.1) is 10.5 Å². The number of para-hydroxylation sites is 1. The first-order valence-corrected chi connectivity index (χ1v) is 6.24. The fourth-order valence-electron chi connectivity index (χ4n) is 1.61. The summed E-state index contributed by atoms with van der Waals surface area (Å²) >= 11 is 3.24. The topological polar surface area (TPSA) is 43.1 Å². The molecule has 0 fully saturated rings. The second kappa shape index (κ2) is 5.75. The van der Waals surface area contributed by atoms with Gasteiger partial charge in [0.2, 0.25) is 0 Å². The summed E-state index contributed by atoms with van der Waals surface area (Å²) in [7, 11) is 0. The van der Waals surface area contributed by atoms with Crippen LogP contribution in [0.3, 0.4) is 0 Å². The van der Waals surface area contributed by atoms with Gasteiger partial charge < -0.3 is 0 Å². The molecule has 0 saturated heterocycles. The van der Waals surface area contributed by atoms with Crippen molar-refractivity contribution in [3.63, 3.8) is 0 Å². The van der Waals surface area contributed by atoms with Crippen LogP contribution in [0.2, 0.25) is 0 Å². The van der Waals surface area contributed by atoms with Crippen LogP contribution in [0.15, 0.2) is 46.9 Å². The van der Waals surface area contributed by atoms with E-state index in [0.29, 0.717) is 10.0 Å². The van der Waals surface area contributed by atoms with E-state index >= 15 is 0 Å². The minimum atomic E-state index is -0.431. The van der Waals surface area contributed by atoms with E-state index in [9.17, 15) is 14.5 Å². The highest BCUT2D eigenvalue weighted by molar-refractivity contribution is 9.10. The number of rotatable bonds is 3. The highest BCUT2D eigenvalue weighted by Gasteiger charge is 2.09. The highest BCUT2D eigenvalue weighted by atomic mass is 79.9. The molecular formula is C14H9BrFNO2. The van der Waals surface area contributed by atoms with E-state index in [1.807, 2.05) is 0 Å². The van der Waals surface area contributed by atoms with Crippen molar-refractivity contribution in [2.45, 2.75) is 0 Å². The van der Waals surface area contributed by atoms with Crippen molar-refractivity contribution in [1.29, 1.82) is 0 Å². The molecule has 5 heteroatoms. The average molecular weight is 322 g/mol. The molecule has 2 aromatic carbocycles. The Hall–Kier alpha value is -2.01. The fourth-order valence-corrected chi connectivity index (χ4v) is 2.09. The normalized spacial score (nSPS) is 10.8. The molecular weight excluding hydrogens is 313 g/mol. The maximum absolute atomic E-state index is 12.9. The Morgan fingerprint density at radius 1 is 1.11 bits per heavy atom. The van der Waals surface area contributed by atoms with Crippen LogP contribution in [0.5, 0.6) is 0 Å². The van der Waals surface area contributed by atoms with Crippen LogP contribution in [0.4, 0.5) is 10.1 Å². The zero-order valence-electron chi connectivity index (χ0n) is 9.72. The van der Waals surface area contributed by atoms with Gasteiger partial charge in [0.1, 0.15) is 5.82 Å². The third-order valence-corrected chi connectivity index (χ3v) is 3.23. The monoisotopic (exact) mass is 321 g/mol. The number of halogens is 2. The Labute approximate surface area is 117 Å². The first kappa shape index (κ1) is 13.4. The average Bonchev–Trinajstić information content (AvgIpc) is 2.38. The van der Waals surface area contributed by atoms with Crippen molar-refractivity contribution >= 4 is 33.8 Å². The van der Waals surface area contributed by atoms with Gasteiger partial charge in [-0.2, -0.15) is 0 Å². The zero-order chi connectivity index (χ0) is 13.8. The van der Waals surface area contributed by atoms with Gasteiger partial charge in [-0.3, -0.25) is 10.1 Å². The molecule has 0 heterocycles. The molecule has 0 aromatic heterocycles. The summed E-state index contributed by atoms with van der Waals surface area (Å²) in [5, 5.41) is 10.9. The molecule has 0 saturated carbocycles. The SMILES string of the molecule is O=[N+]([O-])c1ccccc1/C=C/c1ccc(F)cc1Br. The Balaban J connectivity index is 2.35. The summed E-state index contributed by atoms with van der Waals surface area (Å²) < 4.78 is 13.5. The summed E-state index contributed by atoms with van der Waals surface area (Å²) in [4.78, 5) is 10.4. The van der Waals surface area contributed by atoms with Crippen LogP contribution in [0.25, 0.3) is 12.2 Å². The number of nitro groups is 1. The van der Waals surface area contributed by atoms with Crippen LogP contribution in [-0.4, -0.2) is 4.92 Å². The number of hydrogen-bond donors (Lipinski definition) is 0. The fraction of sp³-hybridized carbons (Fsp3) is 0. The third-order valence-electron chi connectivity index (χ3n) is 2.54. The molecule has 0 spiro atoms. The molecule has 96 valence electrons. The first-order valence-electron chi connectivity index (χ1n) is 5.44. The van der Waals surface area contributed by atoms with Gasteiger partial charge in [-0.05, 0) is 29.8 Å². The van der Waals surface area contributed by atoms with E-state index in [-0.39, 0.29) is 11.5 Å². The summed E-state index contributed by atoms with van der Waals surface area (Å²) in [5.41, 5.74) is 1.29. The van der Waals surface area contributed by atoms with Crippen LogP contribution < -0.4 is 0 Å². The lowest BCUT2D eigenvalue weighted by atomic mass is 10.1. The second-order valence-electron chi connectivity index (χ2n) is 3.82. The first-order chi connectivity index (χ1) is 9.08. The quantitative estimate of drug-likeness (QED) is 0.468. The largest absolute Gasteiger partial charge is 0.276 e. The Morgan fingerprint density at radius 3 is 2.47 bits per heavy atom. The van der Waals surface area contributed by atoms with Gasteiger partial charge in [-0.15, -0.1) is 0 Å². The van der Waals surface area contributed by atoms with E-state index < -0.39 is 4.92 Å². The predicted octanol–water partition coefficient (Wildman–Crippen LogP) is 4.67. The standard InChI is InChI=1S/C14H9BrFNO2/c15-13-9-12(16)8-7-10(13)5-6-11-3-1-2-4-14(11)17(18)19/h1-9H/b6-5+. The van der Waals surface area contributed by atoms with E-state index in [0.717, 1.165) is 5.56 Å². The molecule has 0 unspecified atom stereocenters. The molecule has 0 aliphatic rings. The highest BCUT2D eigenvalue weighted by Crippen LogP contribution is 2.23. The van der Waals surface area contributed by atoms with Gasteiger partial charge in [0.15, 0.2) is 0 Å². The minimum absolute atomic E-state index is 0.0389. The van der Waals surface area contributed by atoms with Gasteiger partial charge in [0.25, 0.3) is 5.69 Å². The number of benzene rings is 2. The molecule has 3 nitrogen and oxygen atoms in total. The molecule has 0 atom stereocenters. The molecule has 2 rings (SSSR count). The predicted molar refractivity (Wildman–Crippen MR) is 76.1 cm³/mol. The maximum Gasteiger partial charge on any atom is 0.276 e. The van der Waals surface area contributed by atoms with E-state index in [4.69, 9.17) is 0 Å². The van der Waals surface area contributed by atoms with Crippen molar-refractivity contribution < 1.29 is 9.31 Å². The van der Waals surface area contributed by atoms with Gasteiger partial charge >= 0.3 is 0 Å². The molecule has 0 amide bonds. The van der Waals surface area contributed by atoms with Crippen LogP contribution in [-0.2, 0) is 0 Å². The Bertz CT molecular complexity index is 656. The smallest absolute Gasteiger partial charge is 0.258 e.